The van der Waals surface area contributed by atoms with E-state index in [1.165, 1.54) is 42.8 Å². The van der Waals surface area contributed by atoms with Crippen molar-refractivity contribution >= 4 is 33.1 Å². The number of nitrogens with zero attached hydrogens (tertiary/aromatic N) is 3. The summed E-state index contributed by atoms with van der Waals surface area (Å²) in [5.74, 6) is 1.10. The highest BCUT2D eigenvalue weighted by molar-refractivity contribution is 7.18. The second-order valence-electron chi connectivity index (χ2n) is 7.83. The molecule has 0 bridgehead atoms. The zero-order chi connectivity index (χ0) is 20.4. The van der Waals surface area contributed by atoms with E-state index in [0.29, 0.717) is 5.75 Å². The number of aromatic hydroxyl groups is 1. The highest BCUT2D eigenvalue weighted by Gasteiger charge is 2.17. The third-order valence-corrected chi connectivity index (χ3v) is 6.91. The van der Waals surface area contributed by atoms with Crippen LogP contribution in [0, 0.1) is 13.8 Å². The average Bonchev–Trinajstić information content (AvgIpc) is 3.03. The van der Waals surface area contributed by atoms with Crippen LogP contribution < -0.4 is 10.3 Å². The number of hydrogen-bond acceptors (Lipinski definition) is 6. The molecule has 7 heteroatoms. The molecule has 0 radical (unpaired) electrons. The number of anilines is 1. The molecule has 0 saturated carbocycles. The lowest BCUT2D eigenvalue weighted by atomic mass is 10.0. The van der Waals surface area contributed by atoms with Crippen molar-refractivity contribution < 1.29 is 10.0 Å². The third-order valence-electron chi connectivity index (χ3n) is 5.79. The SMILES string of the molecule is C/C(=N\Nc1ncnc2sc(C)c(C)c12)c1ccc(O)c(C[NH+]2CCCCC2)c1. The predicted molar refractivity (Wildman–Crippen MR) is 119 cm³/mol. The average molecular weight is 411 g/mol. The molecule has 0 amide bonds. The van der Waals surface area contributed by atoms with Crippen molar-refractivity contribution in [3.05, 3.63) is 46.1 Å². The standard InChI is InChI=1S/C22H27N5OS/c1-14-16(3)29-22-20(14)21(23-13-24-22)26-25-15(2)17-7-8-19(28)18(11-17)12-27-9-5-4-6-10-27/h7-8,11,13,28H,4-6,9-10,12H2,1-3H3,(H,23,24,26)/p+1/b25-15+. The molecular weight excluding hydrogens is 382 g/mol. The Morgan fingerprint density at radius 1 is 1.21 bits per heavy atom. The van der Waals surface area contributed by atoms with E-state index in [4.69, 9.17) is 0 Å². The molecular formula is C22H28N5OS+. The van der Waals surface area contributed by atoms with Crippen LogP contribution in [0.2, 0.25) is 0 Å². The van der Waals surface area contributed by atoms with E-state index in [9.17, 15) is 5.11 Å². The number of likely N-dealkylation sites (tertiary alicyclic amines) is 1. The number of thiophene rings is 1. The number of phenols is 1. The molecule has 3 aromatic rings. The summed E-state index contributed by atoms with van der Waals surface area (Å²) < 4.78 is 0. The Bertz CT molecular complexity index is 1050. The third kappa shape index (κ3) is 4.26. The van der Waals surface area contributed by atoms with E-state index in [2.05, 4.69) is 40.4 Å². The Labute approximate surface area is 175 Å². The summed E-state index contributed by atoms with van der Waals surface area (Å²) in [4.78, 5) is 12.5. The number of quaternary nitrogens is 1. The number of rotatable bonds is 5. The maximum atomic E-state index is 10.3. The van der Waals surface area contributed by atoms with Gasteiger partial charge in [-0.25, -0.2) is 9.97 Å². The number of aryl methyl sites for hydroxylation is 2. The van der Waals surface area contributed by atoms with E-state index >= 15 is 0 Å². The summed E-state index contributed by atoms with van der Waals surface area (Å²) in [6, 6.07) is 5.76. The highest BCUT2D eigenvalue weighted by Crippen LogP contribution is 2.32. The predicted octanol–water partition coefficient (Wildman–Crippen LogP) is 3.42. The molecule has 4 rings (SSSR count). The summed E-state index contributed by atoms with van der Waals surface area (Å²) in [5, 5.41) is 15.9. The quantitative estimate of drug-likeness (QED) is 0.445. The number of benzene rings is 1. The smallest absolute Gasteiger partial charge is 0.158 e. The van der Waals surface area contributed by atoms with Crippen molar-refractivity contribution in [3.63, 3.8) is 0 Å². The van der Waals surface area contributed by atoms with Crippen molar-refractivity contribution in [3.8, 4) is 5.75 Å². The fraction of sp³-hybridized carbons (Fsp3) is 0.409. The Kier molecular flexibility index (Phi) is 5.78. The van der Waals surface area contributed by atoms with Crippen molar-refractivity contribution in [1.82, 2.24) is 9.97 Å². The van der Waals surface area contributed by atoms with Gasteiger partial charge in [0.05, 0.1) is 24.2 Å². The Balaban J connectivity index is 1.56. The van der Waals surface area contributed by atoms with Crippen molar-refractivity contribution in [1.29, 1.82) is 0 Å². The van der Waals surface area contributed by atoms with Gasteiger partial charge in [-0.15, -0.1) is 11.3 Å². The Morgan fingerprint density at radius 2 is 2.00 bits per heavy atom. The molecule has 1 aliphatic rings. The van der Waals surface area contributed by atoms with Gasteiger partial charge < -0.3 is 10.0 Å². The molecule has 6 nitrogen and oxygen atoms in total. The molecule has 3 heterocycles. The fourth-order valence-electron chi connectivity index (χ4n) is 3.92. The van der Waals surface area contributed by atoms with Gasteiger partial charge in [0.25, 0.3) is 0 Å². The molecule has 29 heavy (non-hydrogen) atoms. The van der Waals surface area contributed by atoms with Gasteiger partial charge in [-0.2, -0.15) is 5.10 Å². The van der Waals surface area contributed by atoms with Crippen LogP contribution in [0.5, 0.6) is 5.75 Å². The van der Waals surface area contributed by atoms with Gasteiger partial charge in [-0.05, 0) is 69.4 Å². The molecule has 1 saturated heterocycles. The number of hydrogen-bond donors (Lipinski definition) is 3. The molecule has 3 N–H and O–H groups in total. The summed E-state index contributed by atoms with van der Waals surface area (Å²) in [7, 11) is 0. The van der Waals surface area contributed by atoms with Crippen LogP contribution >= 0.6 is 11.3 Å². The number of piperidine rings is 1. The molecule has 152 valence electrons. The minimum Gasteiger partial charge on any atom is -0.507 e. The van der Waals surface area contributed by atoms with E-state index in [-0.39, 0.29) is 0 Å². The number of hydrazone groups is 1. The lowest BCUT2D eigenvalue weighted by Gasteiger charge is -2.24. The van der Waals surface area contributed by atoms with Gasteiger partial charge in [0.2, 0.25) is 0 Å². The Hall–Kier alpha value is -2.51. The number of phenolic OH excluding ortho intramolecular Hbond substituents is 1. The largest absolute Gasteiger partial charge is 0.507 e. The second kappa shape index (κ2) is 8.47. The van der Waals surface area contributed by atoms with Crippen LogP contribution in [0.15, 0.2) is 29.6 Å². The molecule has 0 aliphatic carbocycles. The highest BCUT2D eigenvalue weighted by atomic mass is 32.1. The lowest BCUT2D eigenvalue weighted by molar-refractivity contribution is -0.918. The topological polar surface area (TPSA) is 74.8 Å². The molecule has 1 aliphatic heterocycles. The molecule has 1 aromatic carbocycles. The first kappa shape index (κ1) is 19.8. The van der Waals surface area contributed by atoms with Gasteiger partial charge >= 0.3 is 0 Å². The van der Waals surface area contributed by atoms with Crippen LogP contribution in [0.3, 0.4) is 0 Å². The molecule has 0 spiro atoms. The van der Waals surface area contributed by atoms with Gasteiger partial charge in [-0.3, -0.25) is 5.43 Å². The van der Waals surface area contributed by atoms with Crippen molar-refractivity contribution in [2.45, 2.75) is 46.6 Å². The van der Waals surface area contributed by atoms with Crippen LogP contribution in [0.4, 0.5) is 5.82 Å². The summed E-state index contributed by atoms with van der Waals surface area (Å²) >= 11 is 1.67. The van der Waals surface area contributed by atoms with Crippen molar-refractivity contribution in [2.75, 3.05) is 18.5 Å². The summed E-state index contributed by atoms with van der Waals surface area (Å²) in [6.07, 6.45) is 5.45. The number of fused-ring (bicyclic) bond motifs is 1. The van der Waals surface area contributed by atoms with E-state index in [1.807, 2.05) is 13.0 Å². The van der Waals surface area contributed by atoms with Crippen LogP contribution in [-0.4, -0.2) is 33.9 Å². The van der Waals surface area contributed by atoms with Gasteiger partial charge in [0.15, 0.2) is 5.82 Å². The number of aromatic nitrogens is 2. The van der Waals surface area contributed by atoms with Crippen LogP contribution in [0.25, 0.3) is 10.2 Å². The zero-order valence-corrected chi connectivity index (χ0v) is 18.1. The van der Waals surface area contributed by atoms with E-state index in [0.717, 1.165) is 39.4 Å². The normalized spacial score (nSPS) is 15.8. The first-order chi connectivity index (χ1) is 14.0. The molecule has 2 aromatic heterocycles. The maximum absolute atomic E-state index is 10.3. The van der Waals surface area contributed by atoms with Gasteiger partial charge in [0, 0.05) is 10.4 Å². The first-order valence-electron chi connectivity index (χ1n) is 10.2. The van der Waals surface area contributed by atoms with Crippen LogP contribution in [-0.2, 0) is 6.54 Å². The summed E-state index contributed by atoms with van der Waals surface area (Å²) in [5.41, 5.74) is 7.17. The summed E-state index contributed by atoms with van der Waals surface area (Å²) in [6.45, 7) is 9.39. The van der Waals surface area contributed by atoms with Crippen LogP contribution in [0.1, 0.15) is 47.8 Å². The van der Waals surface area contributed by atoms with Gasteiger partial charge in [-0.1, -0.05) is 0 Å². The lowest BCUT2D eigenvalue weighted by Crippen LogP contribution is -3.11. The first-order valence-corrected chi connectivity index (χ1v) is 11.0. The Morgan fingerprint density at radius 3 is 2.79 bits per heavy atom. The molecule has 0 unspecified atom stereocenters. The maximum Gasteiger partial charge on any atom is 0.158 e. The van der Waals surface area contributed by atoms with E-state index in [1.54, 1.807) is 28.6 Å². The van der Waals surface area contributed by atoms with Crippen molar-refractivity contribution in [2.24, 2.45) is 5.10 Å². The zero-order valence-electron chi connectivity index (χ0n) is 17.2. The fourth-order valence-corrected chi connectivity index (χ4v) is 4.92. The monoisotopic (exact) mass is 410 g/mol. The molecule has 0 atom stereocenters. The molecule has 1 fully saturated rings. The number of nitrogens with one attached hydrogen (secondary N) is 2. The second-order valence-corrected chi connectivity index (χ2v) is 9.03. The van der Waals surface area contributed by atoms with Gasteiger partial charge in [0.1, 0.15) is 23.5 Å². The minimum atomic E-state index is 0.370. The van der Waals surface area contributed by atoms with E-state index < -0.39 is 0 Å². The minimum absolute atomic E-state index is 0.370.